The van der Waals surface area contributed by atoms with Gasteiger partial charge in [-0.1, -0.05) is 174 Å². The Morgan fingerprint density at radius 2 is 1.02 bits per heavy atom. The lowest BCUT2D eigenvalue weighted by molar-refractivity contribution is -0.142. The lowest BCUT2D eigenvalue weighted by Gasteiger charge is -2.21. The van der Waals surface area contributed by atoms with Gasteiger partial charge in [-0.15, -0.1) is 0 Å². The van der Waals surface area contributed by atoms with E-state index in [-0.39, 0.29) is 12.6 Å². The Kier molecular flexibility index (Phi) is 40.7. The van der Waals surface area contributed by atoms with Gasteiger partial charge in [0.2, 0.25) is 0 Å². The number of ether oxygens (including phenoxy) is 2. The summed E-state index contributed by atoms with van der Waals surface area (Å²) in [4.78, 5) is 14.4. The maximum absolute atomic E-state index is 11.9. The van der Waals surface area contributed by atoms with Crippen LogP contribution < -0.4 is 0 Å². The van der Waals surface area contributed by atoms with Crippen LogP contribution in [-0.2, 0) is 14.3 Å². The van der Waals surface area contributed by atoms with E-state index in [9.17, 15) is 9.90 Å². The summed E-state index contributed by atoms with van der Waals surface area (Å²) >= 11 is 0. The molecule has 0 aromatic rings. The van der Waals surface area contributed by atoms with Gasteiger partial charge in [0, 0.05) is 19.6 Å². The van der Waals surface area contributed by atoms with Gasteiger partial charge in [0.25, 0.3) is 0 Å². The molecule has 0 aliphatic carbocycles. The number of unbranched alkanes of at least 4 members (excludes halogenated alkanes) is 23. The van der Waals surface area contributed by atoms with Crippen molar-refractivity contribution in [2.24, 2.45) is 0 Å². The first kappa shape index (κ1) is 48.1. The van der Waals surface area contributed by atoms with Gasteiger partial charge in [0.15, 0.2) is 0 Å². The summed E-state index contributed by atoms with van der Waals surface area (Å²) in [6, 6.07) is 0. The molecule has 0 rings (SSSR count). The van der Waals surface area contributed by atoms with Crippen LogP contribution in [0.1, 0.15) is 220 Å². The van der Waals surface area contributed by atoms with Crippen LogP contribution in [0.3, 0.4) is 0 Å². The van der Waals surface area contributed by atoms with Crippen molar-refractivity contribution in [1.82, 2.24) is 4.90 Å². The summed E-state index contributed by atoms with van der Waals surface area (Å²) in [5.41, 5.74) is 0. The third kappa shape index (κ3) is 38.2. The number of hydrogen-bond donors (Lipinski definition) is 1. The number of aliphatic hydroxyl groups excluding tert-OH is 1. The molecule has 0 fully saturated rings. The zero-order chi connectivity index (χ0) is 35.7. The zero-order valence-corrected chi connectivity index (χ0v) is 33.5. The normalized spacial score (nSPS) is 11.9. The molecule has 0 spiro atoms. The van der Waals surface area contributed by atoms with Crippen LogP contribution in [0.15, 0.2) is 12.2 Å². The third-order valence-corrected chi connectivity index (χ3v) is 9.98. The molecule has 0 amide bonds. The largest absolute Gasteiger partial charge is 0.461 e. The minimum absolute atomic E-state index is 0.0654. The minimum atomic E-state index is -0.0654. The van der Waals surface area contributed by atoms with Gasteiger partial charge < -0.3 is 19.5 Å². The first-order valence-electron chi connectivity index (χ1n) is 21.9. The summed E-state index contributed by atoms with van der Waals surface area (Å²) in [7, 11) is 0. The van der Waals surface area contributed by atoms with E-state index in [4.69, 9.17) is 9.47 Å². The summed E-state index contributed by atoms with van der Waals surface area (Å²) in [5.74, 6) is -0.0654. The lowest BCUT2D eigenvalue weighted by Crippen LogP contribution is -2.29. The molecule has 0 atom stereocenters. The molecule has 0 heterocycles. The van der Waals surface area contributed by atoms with Crippen molar-refractivity contribution in [1.29, 1.82) is 0 Å². The molecule has 292 valence electrons. The quantitative estimate of drug-likeness (QED) is 0.0392. The van der Waals surface area contributed by atoms with Crippen LogP contribution in [-0.4, -0.2) is 61.5 Å². The minimum Gasteiger partial charge on any atom is -0.461 e. The molecule has 49 heavy (non-hydrogen) atoms. The van der Waals surface area contributed by atoms with E-state index >= 15 is 0 Å². The molecule has 0 saturated carbocycles. The second kappa shape index (κ2) is 41.5. The molecule has 0 radical (unpaired) electrons. The number of hydrogen-bond acceptors (Lipinski definition) is 5. The predicted octanol–water partition coefficient (Wildman–Crippen LogP) is 12.9. The second-order valence-corrected chi connectivity index (χ2v) is 14.8. The van der Waals surface area contributed by atoms with E-state index < -0.39 is 0 Å². The van der Waals surface area contributed by atoms with E-state index in [1.54, 1.807) is 0 Å². The van der Waals surface area contributed by atoms with Crippen LogP contribution in [0.5, 0.6) is 0 Å². The van der Waals surface area contributed by atoms with Crippen LogP contribution in [0.4, 0.5) is 0 Å². The number of esters is 1. The first-order chi connectivity index (χ1) is 24.2. The third-order valence-electron chi connectivity index (χ3n) is 9.98. The number of allylic oxidation sites excluding steroid dienone is 1. The molecule has 0 aromatic heterocycles. The highest BCUT2D eigenvalue weighted by molar-refractivity contribution is 5.69. The van der Waals surface area contributed by atoms with Gasteiger partial charge >= 0.3 is 5.97 Å². The zero-order valence-electron chi connectivity index (χ0n) is 33.5. The summed E-state index contributed by atoms with van der Waals surface area (Å²) in [6.07, 6.45) is 43.5. The number of aliphatic hydroxyl groups is 1. The van der Waals surface area contributed by atoms with Crippen LogP contribution in [0.25, 0.3) is 0 Å². The van der Waals surface area contributed by atoms with Gasteiger partial charge in [-0.25, -0.2) is 0 Å². The standard InChI is InChI=1S/C44H87NO4/c1-4-7-10-13-17-26-33-42-49-44(47)36-29-22-19-24-31-38-45(39-40-46)37-30-23-16-18-25-32-41-48-43(34-27-20-14-11-8-5-2)35-28-21-15-12-9-6-3/h26,33,43,46H,4-25,27-32,34-42H2,1-3H3/b33-26-. The van der Waals surface area contributed by atoms with E-state index in [0.717, 1.165) is 45.5 Å². The maximum Gasteiger partial charge on any atom is 0.306 e. The van der Waals surface area contributed by atoms with Crippen molar-refractivity contribution < 1.29 is 19.4 Å². The van der Waals surface area contributed by atoms with Crippen LogP contribution in [0, 0.1) is 0 Å². The van der Waals surface area contributed by atoms with E-state index in [2.05, 4.69) is 31.7 Å². The SMILES string of the molecule is CCCCCC/C=C\COC(=O)CCCCCCCN(CCO)CCCCCCCCOC(CCCCCCCC)CCCCCCCC. The van der Waals surface area contributed by atoms with E-state index in [1.165, 1.54) is 173 Å². The fourth-order valence-electron chi connectivity index (χ4n) is 6.71. The van der Waals surface area contributed by atoms with E-state index in [0.29, 0.717) is 19.1 Å². The highest BCUT2D eigenvalue weighted by Crippen LogP contribution is 2.18. The van der Waals surface area contributed by atoms with Crippen molar-refractivity contribution in [3.8, 4) is 0 Å². The van der Waals surface area contributed by atoms with Crippen molar-refractivity contribution >= 4 is 5.97 Å². The fraction of sp³-hybridized carbons (Fsp3) is 0.932. The average molecular weight is 694 g/mol. The van der Waals surface area contributed by atoms with Crippen LogP contribution >= 0.6 is 0 Å². The molecule has 5 heteroatoms. The number of carbonyl (C=O) groups excluding carboxylic acids is 1. The molecule has 0 saturated heterocycles. The lowest BCUT2D eigenvalue weighted by atomic mass is 10.0. The molecule has 0 unspecified atom stereocenters. The highest BCUT2D eigenvalue weighted by Gasteiger charge is 2.10. The Hall–Kier alpha value is -0.910. The van der Waals surface area contributed by atoms with Gasteiger partial charge in [-0.3, -0.25) is 4.79 Å². The summed E-state index contributed by atoms with van der Waals surface area (Å²) < 4.78 is 11.8. The highest BCUT2D eigenvalue weighted by atomic mass is 16.5. The molecule has 5 nitrogen and oxygen atoms in total. The Morgan fingerprint density at radius 3 is 1.57 bits per heavy atom. The maximum atomic E-state index is 11.9. The summed E-state index contributed by atoms with van der Waals surface area (Å²) in [6.45, 7) is 11.4. The van der Waals surface area contributed by atoms with Crippen molar-refractivity contribution in [2.75, 3.05) is 39.5 Å². The molecule has 0 aromatic carbocycles. The van der Waals surface area contributed by atoms with Crippen molar-refractivity contribution in [2.45, 2.75) is 226 Å². The Labute approximate surface area is 307 Å². The van der Waals surface area contributed by atoms with Gasteiger partial charge in [-0.05, 0) is 64.5 Å². The Balaban J connectivity index is 3.86. The van der Waals surface area contributed by atoms with Gasteiger partial charge in [0.1, 0.15) is 6.61 Å². The molecule has 0 aliphatic rings. The Bertz CT molecular complexity index is 653. The predicted molar refractivity (Wildman–Crippen MR) is 214 cm³/mol. The molecular formula is C44H87NO4. The van der Waals surface area contributed by atoms with Crippen molar-refractivity contribution in [3.63, 3.8) is 0 Å². The molecule has 0 aliphatic heterocycles. The average Bonchev–Trinajstić information content (AvgIpc) is 3.10. The first-order valence-corrected chi connectivity index (χ1v) is 21.9. The topological polar surface area (TPSA) is 59.0 Å². The van der Waals surface area contributed by atoms with Gasteiger partial charge in [0.05, 0.1) is 12.7 Å². The van der Waals surface area contributed by atoms with Crippen molar-refractivity contribution in [3.05, 3.63) is 12.2 Å². The van der Waals surface area contributed by atoms with Gasteiger partial charge in [-0.2, -0.15) is 0 Å². The molecule has 0 bridgehead atoms. The number of nitrogens with zero attached hydrogens (tertiary/aromatic N) is 1. The second-order valence-electron chi connectivity index (χ2n) is 14.8. The fourth-order valence-corrected chi connectivity index (χ4v) is 6.71. The monoisotopic (exact) mass is 694 g/mol. The number of rotatable bonds is 41. The summed E-state index contributed by atoms with van der Waals surface area (Å²) in [5, 5.41) is 9.54. The molecule has 1 N–H and O–H groups in total. The smallest absolute Gasteiger partial charge is 0.306 e. The number of carbonyl (C=O) groups is 1. The molecular weight excluding hydrogens is 606 g/mol. The van der Waals surface area contributed by atoms with E-state index in [1.807, 2.05) is 6.08 Å². The van der Waals surface area contributed by atoms with Crippen LogP contribution in [0.2, 0.25) is 0 Å². The Morgan fingerprint density at radius 1 is 0.551 bits per heavy atom.